The highest BCUT2D eigenvalue weighted by Crippen LogP contribution is 2.37. The summed E-state index contributed by atoms with van der Waals surface area (Å²) in [6.45, 7) is 0.466. The average molecular weight is 702 g/mol. The lowest BCUT2D eigenvalue weighted by molar-refractivity contribution is -0.133. The molecule has 5 aromatic rings. The highest BCUT2D eigenvalue weighted by molar-refractivity contribution is 7.10. The first-order valence-electron chi connectivity index (χ1n) is 16.1. The van der Waals surface area contributed by atoms with E-state index in [0.29, 0.717) is 48.8 Å². The van der Waals surface area contributed by atoms with Gasteiger partial charge in [-0.05, 0) is 41.8 Å². The van der Waals surface area contributed by atoms with Gasteiger partial charge in [0, 0.05) is 41.9 Å². The summed E-state index contributed by atoms with van der Waals surface area (Å²) < 4.78 is 59.5. The van der Waals surface area contributed by atoms with Crippen LogP contribution in [0.3, 0.4) is 0 Å². The van der Waals surface area contributed by atoms with Crippen LogP contribution in [0.1, 0.15) is 77.4 Å². The topological polar surface area (TPSA) is 81.8 Å². The molecule has 2 aromatic heterocycles. The molecule has 0 spiro atoms. The zero-order chi connectivity index (χ0) is 34.6. The number of thiazole rings is 1. The van der Waals surface area contributed by atoms with Crippen LogP contribution in [0.15, 0.2) is 83.3 Å². The number of amides is 1. The Morgan fingerprint density at radius 3 is 2.60 bits per heavy atom. The van der Waals surface area contributed by atoms with E-state index in [9.17, 15) is 22.4 Å². The largest absolute Gasteiger partial charge is 0.481 e. The Kier molecular flexibility index (Phi) is 9.80. The standard InChI is InChI=1S/C37H31F4N5O3S/c38-35(39)29-19-31(36(40)41)46(43-29)21-34(47)45-16-14-25(15-17-45)37-42-30(22-50-37)28-20-33(49-44-28)27-12-3-4-13-32(27)48-18-6-10-24-9-5-8-23-7-1-2-11-26(23)24/h1-5,7-9,11-13,19,22,25,33,35-36H,14-18,20-21H2. The van der Waals surface area contributed by atoms with Gasteiger partial charge in [0.25, 0.3) is 12.9 Å². The number of nitrogens with zero attached hydrogens (tertiary/aromatic N) is 5. The lowest BCUT2D eigenvalue weighted by Crippen LogP contribution is -2.40. The molecule has 1 saturated heterocycles. The van der Waals surface area contributed by atoms with Crippen molar-refractivity contribution in [3.05, 3.63) is 111 Å². The van der Waals surface area contributed by atoms with Crippen molar-refractivity contribution in [1.29, 1.82) is 0 Å². The number of hydrogen-bond donors (Lipinski definition) is 0. The Bertz CT molecular complexity index is 2090. The second-order valence-corrected chi connectivity index (χ2v) is 12.9. The summed E-state index contributed by atoms with van der Waals surface area (Å²) in [6.07, 6.45) is -4.60. The van der Waals surface area contributed by atoms with E-state index in [0.717, 1.165) is 38.3 Å². The molecule has 0 aliphatic carbocycles. The number of oxime groups is 1. The highest BCUT2D eigenvalue weighted by atomic mass is 32.1. The van der Waals surface area contributed by atoms with E-state index in [1.807, 2.05) is 53.9 Å². The number of aromatic nitrogens is 3. The number of rotatable bonds is 9. The molecule has 0 bridgehead atoms. The maximum atomic E-state index is 13.4. The smallest absolute Gasteiger partial charge is 0.282 e. The average Bonchev–Trinajstić information content (AvgIpc) is 3.91. The van der Waals surface area contributed by atoms with Crippen LogP contribution in [-0.4, -0.2) is 51.0 Å². The maximum Gasteiger partial charge on any atom is 0.282 e. The van der Waals surface area contributed by atoms with Crippen molar-refractivity contribution < 1.29 is 31.9 Å². The first kappa shape index (κ1) is 33.3. The molecule has 0 saturated carbocycles. The van der Waals surface area contributed by atoms with Crippen LogP contribution in [0, 0.1) is 11.8 Å². The second kappa shape index (κ2) is 14.7. The molecule has 1 unspecified atom stereocenters. The number of carbonyl (C=O) groups excluding carboxylic acids is 1. The minimum atomic E-state index is -3.02. The zero-order valence-corrected chi connectivity index (χ0v) is 27.5. The van der Waals surface area contributed by atoms with Crippen LogP contribution in [0.25, 0.3) is 10.8 Å². The molecule has 3 aromatic carbocycles. The molecule has 13 heteroatoms. The lowest BCUT2D eigenvalue weighted by Gasteiger charge is -2.31. The number of para-hydroxylation sites is 1. The quantitative estimate of drug-likeness (QED) is 0.115. The highest BCUT2D eigenvalue weighted by Gasteiger charge is 2.31. The fourth-order valence-corrected chi connectivity index (χ4v) is 7.23. The number of piperidine rings is 1. The molecule has 1 amide bonds. The molecule has 4 heterocycles. The summed E-state index contributed by atoms with van der Waals surface area (Å²) in [7, 11) is 0. The van der Waals surface area contributed by atoms with Gasteiger partial charge in [0.2, 0.25) is 5.91 Å². The van der Waals surface area contributed by atoms with E-state index in [1.165, 1.54) is 11.3 Å². The number of halogens is 4. The van der Waals surface area contributed by atoms with E-state index < -0.39 is 36.7 Å². The van der Waals surface area contributed by atoms with Gasteiger partial charge in [-0.1, -0.05) is 71.6 Å². The predicted molar refractivity (Wildman–Crippen MR) is 181 cm³/mol. The van der Waals surface area contributed by atoms with Gasteiger partial charge in [-0.3, -0.25) is 9.48 Å². The third kappa shape index (κ3) is 7.21. The summed E-state index contributed by atoms with van der Waals surface area (Å²) in [4.78, 5) is 25.1. The minimum Gasteiger partial charge on any atom is -0.481 e. The minimum absolute atomic E-state index is 0.104. The van der Waals surface area contributed by atoms with Crippen molar-refractivity contribution in [3.63, 3.8) is 0 Å². The number of hydrogen-bond acceptors (Lipinski definition) is 7. The molecule has 1 fully saturated rings. The van der Waals surface area contributed by atoms with Crippen LogP contribution in [0.4, 0.5) is 17.6 Å². The Hall–Kier alpha value is -5.22. The summed E-state index contributed by atoms with van der Waals surface area (Å²) in [5.41, 5.74) is 1.81. The van der Waals surface area contributed by atoms with Gasteiger partial charge in [0.15, 0.2) is 6.10 Å². The molecule has 2 aliphatic heterocycles. The molecule has 7 rings (SSSR count). The van der Waals surface area contributed by atoms with Gasteiger partial charge in [-0.25, -0.2) is 22.5 Å². The molecule has 256 valence electrons. The summed E-state index contributed by atoms with van der Waals surface area (Å²) >= 11 is 1.52. The van der Waals surface area contributed by atoms with Crippen molar-refractivity contribution >= 4 is 33.7 Å². The van der Waals surface area contributed by atoms with Crippen LogP contribution >= 0.6 is 11.3 Å². The van der Waals surface area contributed by atoms with E-state index in [-0.39, 0.29) is 18.6 Å². The Labute approximate surface area is 289 Å². The van der Waals surface area contributed by atoms with Gasteiger partial charge in [-0.15, -0.1) is 11.3 Å². The monoisotopic (exact) mass is 701 g/mol. The van der Waals surface area contributed by atoms with Crippen molar-refractivity contribution in [2.24, 2.45) is 5.16 Å². The van der Waals surface area contributed by atoms with Crippen molar-refractivity contribution in [1.82, 2.24) is 19.7 Å². The molecule has 2 aliphatic rings. The van der Waals surface area contributed by atoms with Crippen LogP contribution < -0.4 is 4.74 Å². The second-order valence-electron chi connectivity index (χ2n) is 12.0. The summed E-state index contributed by atoms with van der Waals surface area (Å²) in [5, 5.41) is 13.0. The van der Waals surface area contributed by atoms with E-state index >= 15 is 0 Å². The van der Waals surface area contributed by atoms with Crippen LogP contribution in [-0.2, 0) is 16.2 Å². The SMILES string of the molecule is O=C(Cn1nc(C(F)F)cc1C(F)F)N1CCC(c2nc(C3=NOC(c4ccccc4OCC#Cc4cccc5ccccc45)C3)cs2)CC1. The third-order valence-corrected chi connectivity index (χ3v) is 9.83. The molecule has 0 N–H and O–H groups in total. The van der Waals surface area contributed by atoms with Crippen molar-refractivity contribution in [3.8, 4) is 17.6 Å². The number of fused-ring (bicyclic) bond motifs is 1. The fourth-order valence-electron chi connectivity index (χ4n) is 6.23. The Balaban J connectivity index is 0.929. The van der Waals surface area contributed by atoms with E-state index in [2.05, 4.69) is 40.3 Å². The van der Waals surface area contributed by atoms with Crippen molar-refractivity contribution in [2.75, 3.05) is 19.7 Å². The number of alkyl halides is 4. The van der Waals surface area contributed by atoms with E-state index in [1.54, 1.807) is 4.90 Å². The molecule has 8 nitrogen and oxygen atoms in total. The number of benzene rings is 3. The molecule has 1 atom stereocenters. The van der Waals surface area contributed by atoms with Crippen LogP contribution in [0.2, 0.25) is 0 Å². The normalized spacial score (nSPS) is 16.4. The number of likely N-dealkylation sites (tertiary alicyclic amines) is 1. The summed E-state index contributed by atoms with van der Waals surface area (Å²) in [5.74, 6) is 6.69. The van der Waals surface area contributed by atoms with Gasteiger partial charge >= 0.3 is 0 Å². The predicted octanol–water partition coefficient (Wildman–Crippen LogP) is 8.07. The fraction of sp³-hybridized carbons (Fsp3) is 0.297. The van der Waals surface area contributed by atoms with Crippen LogP contribution in [0.5, 0.6) is 5.75 Å². The maximum absolute atomic E-state index is 13.4. The van der Waals surface area contributed by atoms with Gasteiger partial charge in [-0.2, -0.15) is 5.10 Å². The number of ether oxygens (including phenoxy) is 1. The zero-order valence-electron chi connectivity index (χ0n) is 26.6. The first-order valence-corrected chi connectivity index (χ1v) is 17.0. The molecular formula is C37H31F4N5O3S. The molecule has 0 radical (unpaired) electrons. The lowest BCUT2D eigenvalue weighted by atomic mass is 9.97. The number of carbonyl (C=O) groups is 1. The van der Waals surface area contributed by atoms with Gasteiger partial charge < -0.3 is 14.5 Å². The third-order valence-electron chi connectivity index (χ3n) is 8.82. The molecule has 50 heavy (non-hydrogen) atoms. The Morgan fingerprint density at radius 2 is 1.78 bits per heavy atom. The first-order chi connectivity index (χ1) is 24.3. The van der Waals surface area contributed by atoms with Gasteiger partial charge in [0.05, 0.1) is 10.7 Å². The Morgan fingerprint density at radius 1 is 1.00 bits per heavy atom. The molecular weight excluding hydrogens is 670 g/mol. The van der Waals surface area contributed by atoms with Gasteiger partial charge in [0.1, 0.15) is 36.0 Å². The summed E-state index contributed by atoms with van der Waals surface area (Å²) in [6, 6.07) is 22.5. The van der Waals surface area contributed by atoms with E-state index in [4.69, 9.17) is 14.6 Å². The van der Waals surface area contributed by atoms with Crippen molar-refractivity contribution in [2.45, 2.75) is 50.7 Å².